The van der Waals surface area contributed by atoms with Crippen LogP contribution in [0.1, 0.15) is 13.3 Å². The van der Waals surface area contributed by atoms with Crippen LogP contribution in [0.25, 0.3) is 0 Å². The number of ether oxygens (including phenoxy) is 1. The third-order valence-corrected chi connectivity index (χ3v) is 3.86. The molecule has 2 atom stereocenters. The van der Waals surface area contributed by atoms with Crippen molar-refractivity contribution in [2.75, 3.05) is 29.5 Å². The average molecular weight is 284 g/mol. The maximum Gasteiger partial charge on any atom is 0.229 e. The Bertz CT molecular complexity index is 507. The first-order valence-electron chi connectivity index (χ1n) is 6.36. The van der Waals surface area contributed by atoms with Gasteiger partial charge in [0.15, 0.2) is 0 Å². The van der Waals surface area contributed by atoms with Gasteiger partial charge in [0, 0.05) is 29.9 Å². The smallest absolute Gasteiger partial charge is 0.229 e. The first-order valence-corrected chi connectivity index (χ1v) is 8.25. The molecular weight excluding hydrogens is 264 g/mol. The minimum absolute atomic E-state index is 0.344. The maximum absolute atomic E-state index is 11.1. The van der Waals surface area contributed by atoms with E-state index < -0.39 is 10.0 Å². The van der Waals surface area contributed by atoms with Crippen LogP contribution in [0.15, 0.2) is 24.3 Å². The van der Waals surface area contributed by atoms with Crippen LogP contribution in [-0.4, -0.2) is 33.9 Å². The molecule has 0 saturated carbocycles. The van der Waals surface area contributed by atoms with Crippen molar-refractivity contribution in [3.63, 3.8) is 0 Å². The van der Waals surface area contributed by atoms with Gasteiger partial charge in [0.2, 0.25) is 10.0 Å². The van der Waals surface area contributed by atoms with E-state index in [1.165, 1.54) is 0 Å². The summed E-state index contributed by atoms with van der Waals surface area (Å²) in [6, 6.07) is 7.60. The fourth-order valence-electron chi connectivity index (χ4n) is 2.18. The zero-order chi connectivity index (χ0) is 13.9. The minimum Gasteiger partial charge on any atom is -0.382 e. The molecule has 106 valence electrons. The molecule has 1 aliphatic rings. The van der Waals surface area contributed by atoms with E-state index in [-0.39, 0.29) is 0 Å². The molecule has 0 bridgehead atoms. The van der Waals surface area contributed by atoms with Gasteiger partial charge in [-0.25, -0.2) is 8.42 Å². The number of nitrogens with one attached hydrogen (secondary N) is 2. The highest BCUT2D eigenvalue weighted by atomic mass is 32.2. The Morgan fingerprint density at radius 1 is 1.26 bits per heavy atom. The molecule has 0 aliphatic carbocycles. The zero-order valence-corrected chi connectivity index (χ0v) is 12.0. The van der Waals surface area contributed by atoms with Gasteiger partial charge in [-0.05, 0) is 37.6 Å². The number of rotatable bonds is 5. The lowest BCUT2D eigenvalue weighted by Crippen LogP contribution is -2.26. The van der Waals surface area contributed by atoms with Crippen molar-refractivity contribution in [2.45, 2.75) is 19.4 Å². The van der Waals surface area contributed by atoms with Crippen LogP contribution in [0.4, 0.5) is 11.4 Å². The summed E-state index contributed by atoms with van der Waals surface area (Å²) in [4.78, 5) is 0. The molecule has 1 saturated heterocycles. The molecule has 0 spiro atoms. The van der Waals surface area contributed by atoms with Gasteiger partial charge >= 0.3 is 0 Å². The average Bonchev–Trinajstić information content (AvgIpc) is 2.83. The van der Waals surface area contributed by atoms with Gasteiger partial charge in [-0.15, -0.1) is 0 Å². The molecule has 2 unspecified atom stereocenters. The summed E-state index contributed by atoms with van der Waals surface area (Å²) in [5.41, 5.74) is 1.56. The second-order valence-electron chi connectivity index (χ2n) is 5.01. The van der Waals surface area contributed by atoms with Gasteiger partial charge in [-0.3, -0.25) is 4.72 Å². The van der Waals surface area contributed by atoms with E-state index in [0.29, 0.717) is 17.6 Å². The number of sulfonamides is 1. The highest BCUT2D eigenvalue weighted by Gasteiger charge is 2.21. The van der Waals surface area contributed by atoms with Crippen molar-refractivity contribution in [1.82, 2.24) is 0 Å². The number of hydrogen-bond donors (Lipinski definition) is 2. The van der Waals surface area contributed by atoms with Gasteiger partial charge in [-0.1, -0.05) is 0 Å². The summed E-state index contributed by atoms with van der Waals surface area (Å²) >= 11 is 0. The van der Waals surface area contributed by atoms with Gasteiger partial charge in [0.25, 0.3) is 0 Å². The second kappa shape index (κ2) is 5.79. The van der Waals surface area contributed by atoms with Gasteiger partial charge in [0.1, 0.15) is 0 Å². The maximum atomic E-state index is 11.1. The van der Waals surface area contributed by atoms with Crippen molar-refractivity contribution in [3.05, 3.63) is 24.3 Å². The molecule has 2 N–H and O–H groups in total. The van der Waals surface area contributed by atoms with E-state index in [1.807, 2.05) is 12.1 Å². The largest absolute Gasteiger partial charge is 0.382 e. The third-order valence-electron chi connectivity index (χ3n) is 3.25. The molecule has 2 rings (SSSR count). The Balaban J connectivity index is 1.94. The van der Waals surface area contributed by atoms with E-state index in [9.17, 15) is 8.42 Å². The predicted octanol–water partition coefficient (Wildman–Crippen LogP) is 1.89. The summed E-state index contributed by atoms with van der Waals surface area (Å²) in [6.07, 6.45) is 2.23. The topological polar surface area (TPSA) is 67.4 Å². The summed E-state index contributed by atoms with van der Waals surface area (Å²) in [7, 11) is -3.21. The molecule has 0 radical (unpaired) electrons. The van der Waals surface area contributed by atoms with E-state index >= 15 is 0 Å². The minimum atomic E-state index is -3.21. The van der Waals surface area contributed by atoms with Crippen LogP contribution in [0.3, 0.4) is 0 Å². The first-order chi connectivity index (χ1) is 8.94. The van der Waals surface area contributed by atoms with E-state index in [2.05, 4.69) is 17.0 Å². The molecular formula is C13H20N2O3S. The lowest BCUT2D eigenvalue weighted by Gasteiger charge is -2.20. The number of benzene rings is 1. The second-order valence-corrected chi connectivity index (χ2v) is 6.76. The molecule has 1 aliphatic heterocycles. The molecule has 0 amide bonds. The van der Waals surface area contributed by atoms with Crippen LogP contribution in [-0.2, 0) is 14.8 Å². The van der Waals surface area contributed by atoms with Crippen molar-refractivity contribution in [2.24, 2.45) is 5.92 Å². The van der Waals surface area contributed by atoms with Crippen LogP contribution >= 0.6 is 0 Å². The molecule has 1 aromatic rings. The van der Waals surface area contributed by atoms with Crippen molar-refractivity contribution in [1.29, 1.82) is 0 Å². The summed E-state index contributed by atoms with van der Waals surface area (Å²) in [5.74, 6) is 0.536. The number of hydrogen-bond acceptors (Lipinski definition) is 4. The zero-order valence-electron chi connectivity index (χ0n) is 11.2. The van der Waals surface area contributed by atoms with E-state index in [0.717, 1.165) is 31.6 Å². The lowest BCUT2D eigenvalue weighted by atomic mass is 10.0. The highest BCUT2D eigenvalue weighted by molar-refractivity contribution is 7.92. The van der Waals surface area contributed by atoms with E-state index in [1.54, 1.807) is 12.1 Å². The Morgan fingerprint density at radius 3 is 2.42 bits per heavy atom. The SMILES string of the molecule is CC(Nc1ccc(NS(C)(=O)=O)cc1)C1CCOC1. The van der Waals surface area contributed by atoms with Crippen LogP contribution in [0.2, 0.25) is 0 Å². The van der Waals surface area contributed by atoms with Gasteiger partial charge in [0.05, 0.1) is 12.9 Å². The van der Waals surface area contributed by atoms with Gasteiger partial charge in [-0.2, -0.15) is 0 Å². The quantitative estimate of drug-likeness (QED) is 0.866. The normalized spacial score (nSPS) is 21.1. The first kappa shape index (κ1) is 14.1. The molecule has 1 fully saturated rings. The molecule has 0 aromatic heterocycles. The highest BCUT2D eigenvalue weighted by Crippen LogP contribution is 2.21. The monoisotopic (exact) mass is 284 g/mol. The molecule has 19 heavy (non-hydrogen) atoms. The Hall–Kier alpha value is -1.27. The standard InChI is InChI=1S/C13H20N2O3S/c1-10(11-7-8-18-9-11)14-12-3-5-13(6-4-12)15-19(2,16)17/h3-6,10-11,14-15H,7-9H2,1-2H3. The fraction of sp³-hybridized carbons (Fsp3) is 0.538. The third kappa shape index (κ3) is 4.40. The van der Waals surface area contributed by atoms with Crippen LogP contribution in [0, 0.1) is 5.92 Å². The fourth-order valence-corrected chi connectivity index (χ4v) is 2.74. The predicted molar refractivity (Wildman–Crippen MR) is 76.9 cm³/mol. The van der Waals surface area contributed by atoms with Crippen molar-refractivity contribution in [3.8, 4) is 0 Å². The van der Waals surface area contributed by atoms with Crippen LogP contribution in [0.5, 0.6) is 0 Å². The molecule has 1 aromatic carbocycles. The van der Waals surface area contributed by atoms with Crippen molar-refractivity contribution < 1.29 is 13.2 Å². The number of anilines is 2. The Kier molecular flexibility index (Phi) is 4.31. The van der Waals surface area contributed by atoms with Crippen molar-refractivity contribution >= 4 is 21.4 Å². The summed E-state index contributed by atoms with van der Waals surface area (Å²) in [5, 5.41) is 3.42. The Labute approximate surface area is 114 Å². The Morgan fingerprint density at radius 2 is 1.89 bits per heavy atom. The van der Waals surface area contributed by atoms with E-state index in [4.69, 9.17) is 4.74 Å². The molecule has 6 heteroatoms. The molecule has 5 nitrogen and oxygen atoms in total. The summed E-state index contributed by atoms with van der Waals surface area (Å²) in [6.45, 7) is 3.79. The lowest BCUT2D eigenvalue weighted by molar-refractivity contribution is 0.183. The molecule has 1 heterocycles. The van der Waals surface area contributed by atoms with Crippen LogP contribution < -0.4 is 10.0 Å². The van der Waals surface area contributed by atoms with Gasteiger partial charge < -0.3 is 10.1 Å². The summed E-state index contributed by atoms with van der Waals surface area (Å²) < 4.78 is 30.0.